The van der Waals surface area contributed by atoms with Crippen molar-refractivity contribution in [2.75, 3.05) is 18.0 Å². The van der Waals surface area contributed by atoms with Gasteiger partial charge in [0, 0.05) is 29.4 Å². The predicted octanol–water partition coefficient (Wildman–Crippen LogP) is 3.71. The lowest BCUT2D eigenvalue weighted by atomic mass is 10.1. The molecule has 0 radical (unpaired) electrons. The first-order chi connectivity index (χ1) is 12.5. The summed E-state index contributed by atoms with van der Waals surface area (Å²) in [6.45, 7) is 2.81. The fraction of sp³-hybridized carbons (Fsp3) is 0.333. The molecule has 0 spiro atoms. The van der Waals surface area contributed by atoms with E-state index in [4.69, 9.17) is 11.6 Å². The molecule has 2 aromatic carbocycles. The lowest BCUT2D eigenvalue weighted by Gasteiger charge is -2.39. The smallest absolute Gasteiger partial charge is 0.254 e. The summed E-state index contributed by atoms with van der Waals surface area (Å²) >= 11 is 6.00. The summed E-state index contributed by atoms with van der Waals surface area (Å²) in [4.78, 5) is 29.2. The number of carbonyl (C=O) groups is 2. The Bertz CT molecular complexity index is 880. The van der Waals surface area contributed by atoms with Crippen molar-refractivity contribution < 1.29 is 9.59 Å². The number of carbonyl (C=O) groups excluding carboxylic acids is 2. The molecule has 1 saturated heterocycles. The quantitative estimate of drug-likeness (QED) is 0.810. The molecule has 1 atom stereocenters. The largest absolute Gasteiger partial charge is 0.325 e. The lowest BCUT2D eigenvalue weighted by molar-refractivity contribution is -0.124. The number of rotatable bonds is 2. The summed E-state index contributed by atoms with van der Waals surface area (Å²) in [5.74, 6) is -0.188. The van der Waals surface area contributed by atoms with E-state index in [0.717, 1.165) is 18.5 Å². The molecule has 0 bridgehead atoms. The van der Waals surface area contributed by atoms with Crippen LogP contribution in [0.4, 0.5) is 5.69 Å². The van der Waals surface area contributed by atoms with Gasteiger partial charge in [-0.15, -0.1) is 0 Å². The van der Waals surface area contributed by atoms with Crippen LogP contribution in [0.1, 0.15) is 34.8 Å². The maximum Gasteiger partial charge on any atom is 0.254 e. The highest BCUT2D eigenvalue weighted by Crippen LogP contribution is 2.29. The van der Waals surface area contributed by atoms with Gasteiger partial charge in [-0.2, -0.15) is 0 Å². The highest BCUT2D eigenvalue weighted by molar-refractivity contribution is 6.31. The van der Waals surface area contributed by atoms with Crippen molar-refractivity contribution in [1.29, 1.82) is 0 Å². The number of piperazine rings is 1. The summed E-state index contributed by atoms with van der Waals surface area (Å²) in [5.41, 5.74) is 4.20. The first-order valence-electron chi connectivity index (χ1n) is 9.04. The number of fused-ring (bicyclic) bond motifs is 1. The number of amides is 2. The fourth-order valence-corrected chi connectivity index (χ4v) is 4.11. The van der Waals surface area contributed by atoms with Gasteiger partial charge < -0.3 is 9.80 Å². The van der Waals surface area contributed by atoms with Crippen molar-refractivity contribution >= 4 is 29.1 Å². The normalized spacial score (nSPS) is 19.6. The predicted molar refractivity (Wildman–Crippen MR) is 103 cm³/mol. The molecule has 5 heteroatoms. The van der Waals surface area contributed by atoms with Gasteiger partial charge in [0.2, 0.25) is 5.91 Å². The third-order valence-corrected chi connectivity index (χ3v) is 5.62. The van der Waals surface area contributed by atoms with Crippen molar-refractivity contribution in [3.05, 3.63) is 64.2 Å². The van der Waals surface area contributed by atoms with Gasteiger partial charge in [0.25, 0.3) is 5.91 Å². The summed E-state index contributed by atoms with van der Waals surface area (Å²) in [5, 5.41) is 0.520. The van der Waals surface area contributed by atoms with E-state index >= 15 is 0 Å². The van der Waals surface area contributed by atoms with Crippen LogP contribution in [0.2, 0.25) is 5.02 Å². The third kappa shape index (κ3) is 2.99. The molecule has 134 valence electrons. The molecule has 0 N–H and O–H groups in total. The number of benzene rings is 2. The van der Waals surface area contributed by atoms with E-state index in [1.807, 2.05) is 11.0 Å². The zero-order valence-corrected chi connectivity index (χ0v) is 15.5. The number of hydrogen-bond donors (Lipinski definition) is 0. The minimum atomic E-state index is -0.497. The van der Waals surface area contributed by atoms with Gasteiger partial charge in [0.05, 0.1) is 0 Å². The Balaban J connectivity index is 1.54. The average molecular weight is 369 g/mol. The number of anilines is 1. The molecule has 1 fully saturated rings. The molecule has 0 saturated carbocycles. The zero-order valence-electron chi connectivity index (χ0n) is 14.7. The number of halogens is 1. The molecule has 2 amide bonds. The summed E-state index contributed by atoms with van der Waals surface area (Å²) in [6.07, 6.45) is 3.40. The Morgan fingerprint density at radius 1 is 1.08 bits per heavy atom. The van der Waals surface area contributed by atoms with Crippen LogP contribution in [0.3, 0.4) is 0 Å². The summed E-state index contributed by atoms with van der Waals surface area (Å²) < 4.78 is 0. The zero-order chi connectivity index (χ0) is 18.3. The number of nitrogens with zero attached hydrogens (tertiary/aromatic N) is 2. The SMILES string of the molecule is C[C@H]1C(=O)N(c2ccc3c(c2)CCC3)CCN1C(=O)c1cccc(Cl)c1. The second kappa shape index (κ2) is 6.76. The maximum absolute atomic E-state index is 12.9. The van der Waals surface area contributed by atoms with Gasteiger partial charge in [-0.1, -0.05) is 23.7 Å². The minimum absolute atomic E-state index is 0.0374. The Hall–Kier alpha value is -2.33. The van der Waals surface area contributed by atoms with Gasteiger partial charge >= 0.3 is 0 Å². The minimum Gasteiger partial charge on any atom is -0.325 e. The Morgan fingerprint density at radius 2 is 1.88 bits per heavy atom. The highest BCUT2D eigenvalue weighted by atomic mass is 35.5. The van der Waals surface area contributed by atoms with Crippen LogP contribution >= 0.6 is 11.6 Å². The van der Waals surface area contributed by atoms with Gasteiger partial charge in [-0.3, -0.25) is 9.59 Å². The van der Waals surface area contributed by atoms with E-state index in [2.05, 4.69) is 12.1 Å². The van der Waals surface area contributed by atoms with E-state index in [9.17, 15) is 9.59 Å². The van der Waals surface area contributed by atoms with Crippen molar-refractivity contribution in [3.63, 3.8) is 0 Å². The van der Waals surface area contributed by atoms with Crippen LogP contribution in [-0.2, 0) is 17.6 Å². The standard InChI is InChI=1S/C21H21ClN2O2/c1-14-20(25)24(19-9-8-15-4-2-5-16(15)13-19)11-10-23(14)21(26)17-6-3-7-18(22)12-17/h3,6-9,12-14H,2,4-5,10-11H2,1H3/t14-/m0/s1. The van der Waals surface area contributed by atoms with Crippen molar-refractivity contribution in [2.24, 2.45) is 0 Å². The first kappa shape index (κ1) is 17.1. The monoisotopic (exact) mass is 368 g/mol. The van der Waals surface area contributed by atoms with Crippen LogP contribution < -0.4 is 4.90 Å². The molecule has 4 nitrogen and oxygen atoms in total. The van der Waals surface area contributed by atoms with Crippen molar-refractivity contribution in [1.82, 2.24) is 4.90 Å². The summed E-state index contributed by atoms with van der Waals surface area (Å²) in [6, 6.07) is 12.7. The second-order valence-corrected chi connectivity index (χ2v) is 7.42. The van der Waals surface area contributed by atoms with Gasteiger partial charge in [-0.05, 0) is 67.6 Å². The first-order valence-corrected chi connectivity index (χ1v) is 9.42. The second-order valence-electron chi connectivity index (χ2n) is 6.98. The molecule has 26 heavy (non-hydrogen) atoms. The molecular formula is C21H21ClN2O2. The topological polar surface area (TPSA) is 40.6 Å². The van der Waals surface area contributed by atoms with Crippen LogP contribution in [0.5, 0.6) is 0 Å². The molecule has 1 aliphatic carbocycles. The van der Waals surface area contributed by atoms with Gasteiger partial charge in [0.15, 0.2) is 0 Å². The van der Waals surface area contributed by atoms with E-state index in [1.54, 1.807) is 36.1 Å². The third-order valence-electron chi connectivity index (χ3n) is 5.38. The molecule has 0 aromatic heterocycles. The van der Waals surface area contributed by atoms with Crippen LogP contribution in [0.25, 0.3) is 0 Å². The summed E-state index contributed by atoms with van der Waals surface area (Å²) in [7, 11) is 0. The van der Waals surface area contributed by atoms with E-state index in [0.29, 0.717) is 23.7 Å². The highest BCUT2D eigenvalue weighted by Gasteiger charge is 2.35. The molecule has 4 rings (SSSR count). The van der Waals surface area contributed by atoms with Gasteiger partial charge in [-0.25, -0.2) is 0 Å². The lowest BCUT2D eigenvalue weighted by Crippen LogP contribution is -2.57. The van der Waals surface area contributed by atoms with Crippen molar-refractivity contribution in [2.45, 2.75) is 32.2 Å². The molecule has 2 aromatic rings. The molecule has 1 aliphatic heterocycles. The van der Waals surface area contributed by atoms with Crippen LogP contribution in [-0.4, -0.2) is 35.8 Å². The molecular weight excluding hydrogens is 348 g/mol. The van der Waals surface area contributed by atoms with Crippen molar-refractivity contribution in [3.8, 4) is 0 Å². The molecule has 2 aliphatic rings. The molecule has 1 heterocycles. The number of hydrogen-bond acceptors (Lipinski definition) is 2. The van der Waals surface area contributed by atoms with E-state index in [-0.39, 0.29) is 11.8 Å². The Labute approximate surface area is 158 Å². The van der Waals surface area contributed by atoms with E-state index in [1.165, 1.54) is 17.5 Å². The molecule has 0 unspecified atom stereocenters. The average Bonchev–Trinajstić information content (AvgIpc) is 3.11. The van der Waals surface area contributed by atoms with Crippen LogP contribution in [0.15, 0.2) is 42.5 Å². The van der Waals surface area contributed by atoms with Crippen LogP contribution in [0, 0.1) is 0 Å². The van der Waals surface area contributed by atoms with Gasteiger partial charge in [0.1, 0.15) is 6.04 Å². The van der Waals surface area contributed by atoms with E-state index < -0.39 is 6.04 Å². The fourth-order valence-electron chi connectivity index (χ4n) is 3.92. The Morgan fingerprint density at radius 3 is 2.69 bits per heavy atom. The Kier molecular flexibility index (Phi) is 4.45. The number of aryl methyl sites for hydroxylation is 2. The maximum atomic E-state index is 12.9.